The molecular weight excluding hydrogens is 581 g/mol. The van der Waals surface area contributed by atoms with Gasteiger partial charge in [0.15, 0.2) is 0 Å². The Morgan fingerprint density at radius 3 is 2.05 bits per heavy atom. The van der Waals surface area contributed by atoms with Gasteiger partial charge in [-0.25, -0.2) is 16.8 Å². The van der Waals surface area contributed by atoms with Gasteiger partial charge in [0.25, 0.3) is 26.0 Å². The fraction of sp³-hybridized carbons (Fsp3) is 0.0741. The molecule has 0 spiro atoms. The minimum atomic E-state index is -3.99. The van der Waals surface area contributed by atoms with Crippen molar-refractivity contribution in [1.82, 2.24) is 0 Å². The number of rotatable bonds is 8. The van der Waals surface area contributed by atoms with E-state index in [0.29, 0.717) is 5.69 Å². The highest BCUT2D eigenvalue weighted by molar-refractivity contribution is 7.93. The topological polar surface area (TPSA) is 113 Å². The number of nitrogens with one attached hydrogen (secondary N) is 2. The van der Waals surface area contributed by atoms with Crippen LogP contribution in [0.3, 0.4) is 0 Å². The molecule has 0 aliphatic carbocycles. The summed E-state index contributed by atoms with van der Waals surface area (Å²) in [4.78, 5) is 13.2. The molecular formula is C27H23Cl2N3O5S2. The molecule has 0 radical (unpaired) electrons. The molecule has 2 N–H and O–H groups in total. The lowest BCUT2D eigenvalue weighted by Crippen LogP contribution is -2.29. The number of hydrogen-bond acceptors (Lipinski definition) is 5. The standard InChI is InChI=1S/C27H23Cl2N3O5S2/c1-18-10-14-21(15-11-18)39(36,37)32(2)25-9-4-3-6-22(25)27(33)30-19-12-16-20(17-13-19)38(34,35)31-24-8-5-7-23(28)26(24)29/h3-17,31H,1-2H3,(H,30,33). The van der Waals surface area contributed by atoms with Crippen molar-refractivity contribution in [3.05, 3.63) is 112 Å². The predicted molar refractivity (Wildman–Crippen MR) is 155 cm³/mol. The second-order valence-electron chi connectivity index (χ2n) is 8.49. The molecule has 0 unspecified atom stereocenters. The van der Waals surface area contributed by atoms with Crippen molar-refractivity contribution in [2.75, 3.05) is 21.4 Å². The van der Waals surface area contributed by atoms with Crippen molar-refractivity contribution >= 4 is 66.2 Å². The third-order valence-corrected chi connectivity index (χ3v) is 9.77. The average molecular weight is 605 g/mol. The van der Waals surface area contributed by atoms with Gasteiger partial charge in [-0.15, -0.1) is 0 Å². The number of nitrogens with zero attached hydrogens (tertiary/aromatic N) is 1. The average Bonchev–Trinajstić information content (AvgIpc) is 2.91. The quantitative estimate of drug-likeness (QED) is 0.250. The van der Waals surface area contributed by atoms with Crippen LogP contribution in [0.25, 0.3) is 0 Å². The number of carbonyl (C=O) groups excluding carboxylic acids is 1. The molecule has 39 heavy (non-hydrogen) atoms. The van der Waals surface area contributed by atoms with Crippen molar-refractivity contribution in [3.8, 4) is 0 Å². The summed E-state index contributed by atoms with van der Waals surface area (Å²) in [6.45, 7) is 1.85. The summed E-state index contributed by atoms with van der Waals surface area (Å²) in [5, 5.41) is 2.95. The van der Waals surface area contributed by atoms with E-state index in [1.54, 1.807) is 30.3 Å². The van der Waals surface area contributed by atoms with Crippen LogP contribution in [0.4, 0.5) is 17.1 Å². The summed E-state index contributed by atoms with van der Waals surface area (Å²) in [5.41, 5.74) is 1.64. The zero-order chi connectivity index (χ0) is 28.4. The van der Waals surface area contributed by atoms with Crippen LogP contribution in [-0.2, 0) is 20.0 Å². The molecule has 1 amide bonds. The fourth-order valence-corrected chi connectivity index (χ4v) is 6.33. The highest BCUT2D eigenvalue weighted by Gasteiger charge is 2.25. The number of benzene rings is 4. The van der Waals surface area contributed by atoms with Crippen molar-refractivity contribution in [2.45, 2.75) is 16.7 Å². The van der Waals surface area contributed by atoms with E-state index in [2.05, 4.69) is 10.0 Å². The minimum absolute atomic E-state index is 0.0686. The van der Waals surface area contributed by atoms with Gasteiger partial charge in [-0.1, -0.05) is 59.1 Å². The summed E-state index contributed by atoms with van der Waals surface area (Å²) < 4.78 is 55.4. The Labute approximate surface area is 237 Å². The lowest BCUT2D eigenvalue weighted by atomic mass is 10.1. The van der Waals surface area contributed by atoms with Gasteiger partial charge >= 0.3 is 0 Å². The van der Waals surface area contributed by atoms with Crippen LogP contribution in [0, 0.1) is 6.92 Å². The maximum Gasteiger partial charge on any atom is 0.264 e. The van der Waals surface area contributed by atoms with Crippen molar-refractivity contribution in [3.63, 3.8) is 0 Å². The largest absolute Gasteiger partial charge is 0.322 e. The highest BCUT2D eigenvalue weighted by Crippen LogP contribution is 2.31. The van der Waals surface area contributed by atoms with Gasteiger partial charge in [0.2, 0.25) is 0 Å². The molecule has 202 valence electrons. The maximum atomic E-state index is 13.2. The van der Waals surface area contributed by atoms with Crippen molar-refractivity contribution in [1.29, 1.82) is 0 Å². The van der Waals surface area contributed by atoms with Gasteiger partial charge in [0.1, 0.15) is 0 Å². The molecule has 12 heteroatoms. The molecule has 0 saturated carbocycles. The second kappa shape index (κ2) is 11.3. The van der Waals surface area contributed by atoms with Gasteiger partial charge in [0.05, 0.1) is 36.8 Å². The zero-order valence-electron chi connectivity index (χ0n) is 20.7. The van der Waals surface area contributed by atoms with Crippen molar-refractivity contribution in [2.24, 2.45) is 0 Å². The van der Waals surface area contributed by atoms with Gasteiger partial charge in [-0.3, -0.25) is 13.8 Å². The Morgan fingerprint density at radius 1 is 0.769 bits per heavy atom. The van der Waals surface area contributed by atoms with E-state index in [-0.39, 0.29) is 36.8 Å². The van der Waals surface area contributed by atoms with E-state index in [4.69, 9.17) is 23.2 Å². The first kappa shape index (κ1) is 28.4. The molecule has 0 aliphatic heterocycles. The molecule has 4 rings (SSSR count). The first-order valence-electron chi connectivity index (χ1n) is 11.4. The van der Waals surface area contributed by atoms with Crippen LogP contribution in [-0.4, -0.2) is 29.8 Å². The van der Waals surface area contributed by atoms with Gasteiger partial charge in [-0.05, 0) is 67.6 Å². The summed E-state index contributed by atoms with van der Waals surface area (Å²) >= 11 is 12.0. The minimum Gasteiger partial charge on any atom is -0.322 e. The number of carbonyl (C=O) groups is 1. The number of aryl methyl sites for hydroxylation is 1. The summed E-state index contributed by atoms with van der Waals surface area (Å²) in [6.07, 6.45) is 0. The molecule has 0 bridgehead atoms. The lowest BCUT2D eigenvalue weighted by molar-refractivity contribution is 0.102. The third-order valence-electron chi connectivity index (χ3n) is 5.79. The Hall–Kier alpha value is -3.57. The van der Waals surface area contributed by atoms with Crippen molar-refractivity contribution < 1.29 is 21.6 Å². The molecule has 0 aliphatic rings. The van der Waals surface area contributed by atoms with E-state index in [0.717, 1.165) is 9.87 Å². The number of sulfonamides is 2. The molecule has 0 aromatic heterocycles. The molecule has 8 nitrogen and oxygen atoms in total. The number of para-hydroxylation sites is 1. The molecule has 0 fully saturated rings. The van der Waals surface area contributed by atoms with Crippen LogP contribution >= 0.6 is 23.2 Å². The normalized spacial score (nSPS) is 11.6. The second-order valence-corrected chi connectivity index (χ2v) is 12.9. The van der Waals surface area contributed by atoms with Crippen LogP contribution in [0.15, 0.2) is 101 Å². The Bertz CT molecular complexity index is 1740. The predicted octanol–water partition coefficient (Wildman–Crippen LogP) is 6.18. The molecule has 0 heterocycles. The van der Waals surface area contributed by atoms with E-state index < -0.39 is 26.0 Å². The fourth-order valence-electron chi connectivity index (χ4n) is 3.64. The third kappa shape index (κ3) is 6.20. The van der Waals surface area contributed by atoms with Crippen LogP contribution in [0.5, 0.6) is 0 Å². The van der Waals surface area contributed by atoms with Crippen LogP contribution in [0.1, 0.15) is 15.9 Å². The monoisotopic (exact) mass is 603 g/mol. The van der Waals surface area contributed by atoms with Gasteiger partial charge in [-0.2, -0.15) is 0 Å². The van der Waals surface area contributed by atoms with E-state index in [9.17, 15) is 21.6 Å². The first-order chi connectivity index (χ1) is 18.4. The molecule has 4 aromatic carbocycles. The number of anilines is 3. The molecule has 0 saturated heterocycles. The summed E-state index contributed by atoms with van der Waals surface area (Å²) in [6, 6.07) is 22.7. The molecule has 4 aromatic rings. The van der Waals surface area contributed by atoms with Gasteiger partial charge in [0, 0.05) is 12.7 Å². The van der Waals surface area contributed by atoms with Crippen LogP contribution < -0.4 is 14.3 Å². The smallest absolute Gasteiger partial charge is 0.264 e. The molecule has 0 atom stereocenters. The Kier molecular flexibility index (Phi) is 8.22. The first-order valence-corrected chi connectivity index (χ1v) is 15.1. The zero-order valence-corrected chi connectivity index (χ0v) is 23.9. The van der Waals surface area contributed by atoms with E-state index in [1.165, 1.54) is 67.7 Å². The van der Waals surface area contributed by atoms with Gasteiger partial charge < -0.3 is 5.32 Å². The maximum absolute atomic E-state index is 13.2. The summed E-state index contributed by atoms with van der Waals surface area (Å²) in [7, 11) is -6.55. The van der Waals surface area contributed by atoms with Crippen LogP contribution in [0.2, 0.25) is 10.0 Å². The van der Waals surface area contributed by atoms with E-state index in [1.807, 2.05) is 6.92 Å². The summed E-state index contributed by atoms with van der Waals surface area (Å²) in [5.74, 6) is -0.573. The Balaban J connectivity index is 1.54. The SMILES string of the molecule is Cc1ccc(S(=O)(=O)N(C)c2ccccc2C(=O)Nc2ccc(S(=O)(=O)Nc3cccc(Cl)c3Cl)cc2)cc1. The lowest BCUT2D eigenvalue weighted by Gasteiger charge is -2.22. The number of hydrogen-bond donors (Lipinski definition) is 2. The van der Waals surface area contributed by atoms with E-state index >= 15 is 0 Å². The Morgan fingerprint density at radius 2 is 1.38 bits per heavy atom. The number of halogens is 2. The highest BCUT2D eigenvalue weighted by atomic mass is 35.5. The number of amides is 1.